The van der Waals surface area contributed by atoms with Crippen molar-refractivity contribution in [2.45, 2.75) is 37.7 Å². The molecule has 18 heavy (non-hydrogen) atoms. The third-order valence-corrected chi connectivity index (χ3v) is 4.22. The van der Waals surface area contributed by atoms with E-state index in [1.165, 1.54) is 0 Å². The molecule has 0 bridgehead atoms. The van der Waals surface area contributed by atoms with E-state index in [4.69, 9.17) is 27.9 Å². The first-order chi connectivity index (χ1) is 7.95. The van der Waals surface area contributed by atoms with E-state index in [0.29, 0.717) is 0 Å². The van der Waals surface area contributed by atoms with Crippen LogP contribution in [0.15, 0.2) is 0 Å². The van der Waals surface area contributed by atoms with Crippen LogP contribution < -0.4 is 0 Å². The second-order valence-corrected chi connectivity index (χ2v) is 6.55. The molecule has 1 aliphatic rings. The summed E-state index contributed by atoms with van der Waals surface area (Å²) in [4.78, 5) is 11.6. The zero-order chi connectivity index (χ0) is 14.4. The number of esters is 1. The summed E-state index contributed by atoms with van der Waals surface area (Å²) >= 11 is 10.6. The second-order valence-electron chi connectivity index (χ2n) is 5.06. The molecule has 0 aromatic carbocycles. The molecule has 1 rings (SSSR count). The first-order valence-corrected chi connectivity index (χ1v) is 6.32. The van der Waals surface area contributed by atoms with Crippen LogP contribution in [-0.2, 0) is 9.53 Å². The molecule has 0 aromatic heterocycles. The Labute approximate surface area is 114 Å². The topological polar surface area (TPSA) is 26.3 Å². The highest BCUT2D eigenvalue weighted by Crippen LogP contribution is 2.64. The molecule has 0 saturated heterocycles. The van der Waals surface area contributed by atoms with Gasteiger partial charge in [0.1, 0.15) is 0 Å². The molecule has 0 radical (unpaired) electrons. The first kappa shape index (κ1) is 15.9. The lowest BCUT2D eigenvalue weighted by Crippen LogP contribution is -2.35. The third kappa shape index (κ3) is 2.87. The molecule has 0 N–H and O–H groups in total. The van der Waals surface area contributed by atoms with Crippen molar-refractivity contribution < 1.29 is 22.7 Å². The van der Waals surface area contributed by atoms with Gasteiger partial charge >= 0.3 is 12.1 Å². The SMILES string of the molecule is CCOC(=O)[C@H]1[C@H](CC(Cl)(Cl)C(F)(F)F)C1(C)C. The van der Waals surface area contributed by atoms with E-state index in [-0.39, 0.29) is 6.61 Å². The Morgan fingerprint density at radius 3 is 2.22 bits per heavy atom. The van der Waals surface area contributed by atoms with Gasteiger partial charge in [-0.1, -0.05) is 37.0 Å². The van der Waals surface area contributed by atoms with Gasteiger partial charge in [0.05, 0.1) is 12.5 Å². The van der Waals surface area contributed by atoms with Crippen LogP contribution in [0.2, 0.25) is 0 Å². The molecular formula is C11H15Cl2F3O2. The molecule has 106 valence electrons. The fourth-order valence-corrected chi connectivity index (χ4v) is 2.55. The Hall–Kier alpha value is -0.160. The highest BCUT2D eigenvalue weighted by Gasteiger charge is 2.67. The zero-order valence-electron chi connectivity index (χ0n) is 10.3. The van der Waals surface area contributed by atoms with E-state index in [9.17, 15) is 18.0 Å². The molecule has 1 saturated carbocycles. The van der Waals surface area contributed by atoms with Gasteiger partial charge in [0.2, 0.25) is 4.33 Å². The standard InChI is InChI=1S/C11H15Cl2F3O2/c1-4-18-8(17)7-6(9(7,2)3)5-10(12,13)11(14,15)16/h6-7H,4-5H2,1-3H3/t6-,7+/m0/s1. The van der Waals surface area contributed by atoms with Crippen molar-refractivity contribution in [3.63, 3.8) is 0 Å². The van der Waals surface area contributed by atoms with Crippen molar-refractivity contribution in [3.05, 3.63) is 0 Å². The van der Waals surface area contributed by atoms with Crippen molar-refractivity contribution in [2.24, 2.45) is 17.3 Å². The van der Waals surface area contributed by atoms with Crippen LogP contribution in [0.25, 0.3) is 0 Å². The van der Waals surface area contributed by atoms with E-state index in [0.717, 1.165) is 0 Å². The average Bonchev–Trinajstić information content (AvgIpc) is 2.65. The maximum absolute atomic E-state index is 12.6. The number of ether oxygens (including phenoxy) is 1. The van der Waals surface area contributed by atoms with Crippen LogP contribution in [0, 0.1) is 17.3 Å². The van der Waals surface area contributed by atoms with Crippen LogP contribution in [0.5, 0.6) is 0 Å². The lowest BCUT2D eigenvalue weighted by atomic mass is 10.1. The first-order valence-electron chi connectivity index (χ1n) is 5.56. The van der Waals surface area contributed by atoms with E-state index >= 15 is 0 Å². The van der Waals surface area contributed by atoms with Crippen LogP contribution in [-0.4, -0.2) is 23.1 Å². The molecule has 0 spiro atoms. The van der Waals surface area contributed by atoms with Gasteiger partial charge in [-0.2, -0.15) is 13.2 Å². The average molecular weight is 307 g/mol. The summed E-state index contributed by atoms with van der Waals surface area (Å²) in [6.07, 6.45) is -5.22. The van der Waals surface area contributed by atoms with Gasteiger partial charge in [0.15, 0.2) is 0 Å². The fraction of sp³-hybridized carbons (Fsp3) is 0.909. The number of halogens is 5. The summed E-state index contributed by atoms with van der Waals surface area (Å²) < 4.78 is 39.7. The summed E-state index contributed by atoms with van der Waals surface area (Å²) in [5.74, 6) is -1.58. The van der Waals surface area contributed by atoms with E-state index in [2.05, 4.69) is 0 Å². The lowest BCUT2D eigenvalue weighted by Gasteiger charge is -2.23. The number of rotatable bonds is 4. The Bertz CT molecular complexity index is 340. The number of hydrogen-bond donors (Lipinski definition) is 0. The van der Waals surface area contributed by atoms with Gasteiger partial charge < -0.3 is 4.74 Å². The monoisotopic (exact) mass is 306 g/mol. The molecule has 0 unspecified atom stereocenters. The highest BCUT2D eigenvalue weighted by molar-refractivity contribution is 6.49. The minimum absolute atomic E-state index is 0.199. The molecule has 0 aliphatic heterocycles. The molecule has 2 atom stereocenters. The molecule has 2 nitrogen and oxygen atoms in total. The van der Waals surface area contributed by atoms with Crippen molar-refractivity contribution >= 4 is 29.2 Å². The normalized spacial score (nSPS) is 26.9. The Morgan fingerprint density at radius 2 is 1.83 bits per heavy atom. The number of alkyl halides is 5. The summed E-state index contributed by atoms with van der Waals surface area (Å²) in [5, 5.41) is 0. The quantitative estimate of drug-likeness (QED) is 0.581. The Kier molecular flexibility index (Phi) is 4.19. The molecular weight excluding hydrogens is 292 g/mol. The maximum atomic E-state index is 12.6. The van der Waals surface area contributed by atoms with Crippen LogP contribution >= 0.6 is 23.2 Å². The molecule has 1 aliphatic carbocycles. The summed E-state index contributed by atoms with van der Waals surface area (Å²) in [6.45, 7) is 5.26. The highest BCUT2D eigenvalue weighted by atomic mass is 35.5. The predicted molar refractivity (Wildman–Crippen MR) is 62.5 cm³/mol. The third-order valence-electron chi connectivity index (χ3n) is 3.48. The van der Waals surface area contributed by atoms with Crippen molar-refractivity contribution in [1.82, 2.24) is 0 Å². The van der Waals surface area contributed by atoms with E-state index < -0.39 is 40.2 Å². The summed E-state index contributed by atoms with van der Waals surface area (Å²) in [5.41, 5.74) is -0.563. The van der Waals surface area contributed by atoms with E-state index in [1.54, 1.807) is 20.8 Å². The minimum Gasteiger partial charge on any atom is -0.466 e. The molecule has 7 heteroatoms. The van der Waals surface area contributed by atoms with Gasteiger partial charge in [-0.3, -0.25) is 4.79 Å². The summed E-state index contributed by atoms with van der Waals surface area (Å²) in [7, 11) is 0. The zero-order valence-corrected chi connectivity index (χ0v) is 11.8. The van der Waals surface area contributed by atoms with Crippen LogP contribution in [0.3, 0.4) is 0 Å². The number of carbonyl (C=O) groups excluding carboxylic acids is 1. The second kappa shape index (κ2) is 4.75. The molecule has 0 aromatic rings. The molecule has 0 amide bonds. The largest absolute Gasteiger partial charge is 0.466 e. The fourth-order valence-electron chi connectivity index (χ4n) is 2.22. The number of hydrogen-bond acceptors (Lipinski definition) is 2. The van der Waals surface area contributed by atoms with Gasteiger partial charge in [0, 0.05) is 0 Å². The Morgan fingerprint density at radius 1 is 1.33 bits per heavy atom. The Balaban J connectivity index is 2.73. The van der Waals surface area contributed by atoms with Gasteiger partial charge in [0.25, 0.3) is 0 Å². The lowest BCUT2D eigenvalue weighted by molar-refractivity contribution is -0.148. The van der Waals surface area contributed by atoms with Crippen molar-refractivity contribution in [1.29, 1.82) is 0 Å². The van der Waals surface area contributed by atoms with Crippen molar-refractivity contribution in [2.75, 3.05) is 6.61 Å². The van der Waals surface area contributed by atoms with Gasteiger partial charge in [-0.25, -0.2) is 0 Å². The van der Waals surface area contributed by atoms with Crippen molar-refractivity contribution in [3.8, 4) is 0 Å². The summed E-state index contributed by atoms with van der Waals surface area (Å²) in [6, 6.07) is 0. The smallest absolute Gasteiger partial charge is 0.421 e. The maximum Gasteiger partial charge on any atom is 0.421 e. The van der Waals surface area contributed by atoms with Gasteiger partial charge in [-0.15, -0.1) is 0 Å². The predicted octanol–water partition coefficient (Wildman–Crippen LogP) is 3.95. The molecule has 0 heterocycles. The molecule has 1 fully saturated rings. The van der Waals surface area contributed by atoms with Gasteiger partial charge in [-0.05, 0) is 24.7 Å². The van der Waals surface area contributed by atoms with E-state index in [1.807, 2.05) is 0 Å². The minimum atomic E-state index is -4.71. The number of carbonyl (C=O) groups is 1. The van der Waals surface area contributed by atoms with Crippen LogP contribution in [0.4, 0.5) is 13.2 Å². The van der Waals surface area contributed by atoms with Crippen LogP contribution in [0.1, 0.15) is 27.2 Å².